The average Bonchev–Trinajstić information content (AvgIpc) is 2.56. The molecular formula is C18H26ClF3N2O. The number of carbonyl (C=O) groups excluding carboxylic acids is 1. The third-order valence-corrected chi connectivity index (χ3v) is 4.74. The van der Waals surface area contributed by atoms with Crippen molar-refractivity contribution in [3.05, 3.63) is 35.4 Å². The summed E-state index contributed by atoms with van der Waals surface area (Å²) in [6.45, 7) is 7.29. The van der Waals surface area contributed by atoms with E-state index >= 15 is 0 Å². The summed E-state index contributed by atoms with van der Waals surface area (Å²) in [5, 5.41) is 0. The third kappa shape index (κ3) is 5.89. The Labute approximate surface area is 153 Å². The van der Waals surface area contributed by atoms with Crippen LogP contribution in [0.1, 0.15) is 37.8 Å². The van der Waals surface area contributed by atoms with Crippen molar-refractivity contribution in [3.8, 4) is 0 Å². The lowest BCUT2D eigenvalue weighted by Crippen LogP contribution is -2.52. The second-order valence-electron chi connectivity index (χ2n) is 6.26. The van der Waals surface area contributed by atoms with Gasteiger partial charge in [0.05, 0.1) is 12.0 Å². The van der Waals surface area contributed by atoms with Gasteiger partial charge in [-0.3, -0.25) is 9.69 Å². The Hall–Kier alpha value is -1.27. The summed E-state index contributed by atoms with van der Waals surface area (Å²) in [5.41, 5.74) is -0.288. The smallest absolute Gasteiger partial charge is 0.340 e. The van der Waals surface area contributed by atoms with Crippen molar-refractivity contribution in [1.82, 2.24) is 9.80 Å². The minimum Gasteiger partial charge on any atom is -0.340 e. The molecule has 0 unspecified atom stereocenters. The van der Waals surface area contributed by atoms with E-state index in [0.29, 0.717) is 24.7 Å². The zero-order chi connectivity index (χ0) is 17.7. The molecule has 1 aliphatic heterocycles. The van der Waals surface area contributed by atoms with Crippen LogP contribution in [0.25, 0.3) is 0 Å². The Morgan fingerprint density at radius 1 is 1.12 bits per heavy atom. The maximum Gasteiger partial charge on any atom is 0.416 e. The molecule has 3 nitrogen and oxygen atoms in total. The quantitative estimate of drug-likeness (QED) is 0.773. The summed E-state index contributed by atoms with van der Waals surface area (Å²) in [6, 6.07) is 5.58. The van der Waals surface area contributed by atoms with Crippen molar-refractivity contribution in [2.24, 2.45) is 0 Å². The minimum absolute atomic E-state index is 0. The van der Waals surface area contributed by atoms with Crippen LogP contribution < -0.4 is 0 Å². The molecule has 1 amide bonds. The van der Waals surface area contributed by atoms with Crippen LogP contribution in [0, 0.1) is 0 Å². The fraction of sp³-hybridized carbons (Fsp3) is 0.611. The van der Waals surface area contributed by atoms with Gasteiger partial charge in [-0.1, -0.05) is 32.0 Å². The van der Waals surface area contributed by atoms with Gasteiger partial charge in [-0.25, -0.2) is 0 Å². The van der Waals surface area contributed by atoms with Crippen LogP contribution in [0.4, 0.5) is 13.2 Å². The molecule has 1 aromatic rings. The molecule has 0 radical (unpaired) electrons. The number of piperazine rings is 1. The van der Waals surface area contributed by atoms with Gasteiger partial charge in [-0.15, -0.1) is 12.4 Å². The van der Waals surface area contributed by atoms with Gasteiger partial charge in [0.1, 0.15) is 0 Å². The van der Waals surface area contributed by atoms with E-state index in [-0.39, 0.29) is 24.7 Å². The Bertz CT molecular complexity index is 553. The summed E-state index contributed by atoms with van der Waals surface area (Å²) in [4.78, 5) is 16.5. The maximum atomic E-state index is 12.7. The maximum absolute atomic E-state index is 12.7. The van der Waals surface area contributed by atoms with Crippen molar-refractivity contribution in [3.63, 3.8) is 0 Å². The Morgan fingerprint density at radius 3 is 2.24 bits per heavy atom. The molecule has 0 spiro atoms. The van der Waals surface area contributed by atoms with Crippen molar-refractivity contribution in [2.75, 3.05) is 26.2 Å². The number of hydrogen-bond acceptors (Lipinski definition) is 2. The van der Waals surface area contributed by atoms with Gasteiger partial charge in [-0.05, 0) is 24.5 Å². The van der Waals surface area contributed by atoms with Crippen molar-refractivity contribution >= 4 is 18.3 Å². The second kappa shape index (κ2) is 9.43. The molecule has 1 heterocycles. The van der Waals surface area contributed by atoms with Gasteiger partial charge >= 0.3 is 6.18 Å². The van der Waals surface area contributed by atoms with Crippen LogP contribution in [0.15, 0.2) is 24.3 Å². The summed E-state index contributed by atoms with van der Waals surface area (Å²) < 4.78 is 38.2. The van der Waals surface area contributed by atoms with Crippen molar-refractivity contribution in [2.45, 2.75) is 45.3 Å². The van der Waals surface area contributed by atoms with E-state index in [0.717, 1.165) is 38.1 Å². The van der Waals surface area contributed by atoms with E-state index < -0.39 is 11.7 Å². The highest BCUT2D eigenvalue weighted by Crippen LogP contribution is 2.29. The molecule has 0 atom stereocenters. The molecular weight excluding hydrogens is 353 g/mol. The van der Waals surface area contributed by atoms with Gasteiger partial charge < -0.3 is 4.90 Å². The number of carbonyl (C=O) groups is 1. The lowest BCUT2D eigenvalue weighted by Gasteiger charge is -2.39. The normalized spacial score (nSPS) is 16.0. The number of amides is 1. The summed E-state index contributed by atoms with van der Waals surface area (Å²) in [6.07, 6.45) is -2.17. The topological polar surface area (TPSA) is 23.6 Å². The predicted molar refractivity (Wildman–Crippen MR) is 94.9 cm³/mol. The average molecular weight is 379 g/mol. The highest BCUT2D eigenvalue weighted by Gasteiger charge is 2.31. The van der Waals surface area contributed by atoms with Crippen molar-refractivity contribution < 1.29 is 18.0 Å². The van der Waals surface area contributed by atoms with Gasteiger partial charge in [0, 0.05) is 32.2 Å². The van der Waals surface area contributed by atoms with Crippen LogP contribution in [0.5, 0.6) is 0 Å². The van der Waals surface area contributed by atoms with Gasteiger partial charge in [0.2, 0.25) is 5.91 Å². The SMILES string of the molecule is CCC(CC)N1CCN(C(=O)Cc2cccc(C(F)(F)F)c2)CC1.Cl. The first-order chi connectivity index (χ1) is 11.3. The summed E-state index contributed by atoms with van der Waals surface area (Å²) in [7, 11) is 0. The number of hydrogen-bond donors (Lipinski definition) is 0. The molecule has 142 valence electrons. The molecule has 0 bridgehead atoms. The first-order valence-electron chi connectivity index (χ1n) is 8.53. The molecule has 2 rings (SSSR count). The van der Waals surface area contributed by atoms with Gasteiger partial charge in [-0.2, -0.15) is 13.2 Å². The second-order valence-corrected chi connectivity index (χ2v) is 6.26. The molecule has 7 heteroatoms. The summed E-state index contributed by atoms with van der Waals surface area (Å²) >= 11 is 0. The zero-order valence-electron chi connectivity index (χ0n) is 14.7. The Morgan fingerprint density at radius 2 is 1.72 bits per heavy atom. The highest BCUT2D eigenvalue weighted by molar-refractivity contribution is 5.85. The standard InChI is InChI=1S/C18H25F3N2O.ClH/c1-3-16(4-2)22-8-10-23(11-9-22)17(24)13-14-6-5-7-15(12-14)18(19,20)21;/h5-7,12,16H,3-4,8-11,13H2,1-2H3;1H. The highest BCUT2D eigenvalue weighted by atomic mass is 35.5. The van der Waals surface area contributed by atoms with Gasteiger partial charge in [0.25, 0.3) is 0 Å². The monoisotopic (exact) mass is 378 g/mol. The van der Waals surface area contributed by atoms with E-state index in [1.807, 2.05) is 0 Å². The molecule has 1 aromatic carbocycles. The zero-order valence-corrected chi connectivity index (χ0v) is 15.5. The molecule has 1 fully saturated rings. The molecule has 1 saturated heterocycles. The lowest BCUT2D eigenvalue weighted by atomic mass is 10.1. The Balaban J connectivity index is 0.00000312. The fourth-order valence-electron chi connectivity index (χ4n) is 3.29. The molecule has 0 aliphatic carbocycles. The summed E-state index contributed by atoms with van der Waals surface area (Å²) in [5.74, 6) is -0.0986. The largest absolute Gasteiger partial charge is 0.416 e. The van der Waals surface area contributed by atoms with E-state index in [1.165, 1.54) is 6.07 Å². The first kappa shape index (κ1) is 21.8. The van der Waals surface area contributed by atoms with Crippen LogP contribution >= 0.6 is 12.4 Å². The Kier molecular flexibility index (Phi) is 8.22. The van der Waals surface area contributed by atoms with Crippen LogP contribution in [-0.4, -0.2) is 47.9 Å². The number of nitrogens with zero attached hydrogens (tertiary/aromatic N) is 2. The molecule has 0 aromatic heterocycles. The molecule has 1 aliphatic rings. The third-order valence-electron chi connectivity index (χ3n) is 4.74. The number of rotatable bonds is 5. The lowest BCUT2D eigenvalue weighted by molar-refractivity contribution is -0.138. The first-order valence-corrected chi connectivity index (χ1v) is 8.53. The molecule has 0 N–H and O–H groups in total. The number of alkyl halides is 3. The van der Waals surface area contributed by atoms with E-state index in [1.54, 1.807) is 11.0 Å². The van der Waals surface area contributed by atoms with Crippen molar-refractivity contribution in [1.29, 1.82) is 0 Å². The van der Waals surface area contributed by atoms with E-state index in [9.17, 15) is 18.0 Å². The van der Waals surface area contributed by atoms with Crippen LogP contribution in [0.2, 0.25) is 0 Å². The van der Waals surface area contributed by atoms with E-state index in [2.05, 4.69) is 18.7 Å². The van der Waals surface area contributed by atoms with Gasteiger partial charge in [0.15, 0.2) is 0 Å². The predicted octanol–water partition coefficient (Wildman–Crippen LogP) is 4.00. The molecule has 25 heavy (non-hydrogen) atoms. The van der Waals surface area contributed by atoms with Crippen LogP contribution in [0.3, 0.4) is 0 Å². The van der Waals surface area contributed by atoms with Crippen LogP contribution in [-0.2, 0) is 17.4 Å². The minimum atomic E-state index is -4.37. The fourth-order valence-corrected chi connectivity index (χ4v) is 3.29. The van der Waals surface area contributed by atoms with E-state index in [4.69, 9.17) is 0 Å². The number of halogens is 4. The molecule has 0 saturated carbocycles. The number of benzene rings is 1.